The van der Waals surface area contributed by atoms with E-state index in [9.17, 15) is 0 Å². The molecule has 1 aliphatic rings. The number of nitrogens with zero attached hydrogens (tertiary/aromatic N) is 5. The fourth-order valence-electron chi connectivity index (χ4n) is 2.92. The van der Waals surface area contributed by atoms with Gasteiger partial charge in [-0.15, -0.1) is 0 Å². The summed E-state index contributed by atoms with van der Waals surface area (Å²) < 4.78 is 9.65. The van der Waals surface area contributed by atoms with Crippen molar-refractivity contribution in [2.75, 3.05) is 0 Å². The number of fused-ring (bicyclic) bond motifs is 1. The van der Waals surface area contributed by atoms with E-state index in [1.54, 1.807) is 21.6 Å². The number of rotatable bonds is 3. The van der Waals surface area contributed by atoms with Gasteiger partial charge in [0.2, 0.25) is 5.88 Å². The smallest absolute Gasteiger partial charge is 0.240 e. The first-order chi connectivity index (χ1) is 10.7. The van der Waals surface area contributed by atoms with Gasteiger partial charge in [0.25, 0.3) is 0 Å². The lowest BCUT2D eigenvalue weighted by Gasteiger charge is -2.14. The van der Waals surface area contributed by atoms with E-state index >= 15 is 0 Å². The highest BCUT2D eigenvalue weighted by Gasteiger charge is 2.24. The summed E-state index contributed by atoms with van der Waals surface area (Å²) in [6, 6.07) is 2.14. The van der Waals surface area contributed by atoms with Crippen LogP contribution in [-0.4, -0.2) is 36.5 Å². The molecule has 0 unspecified atom stereocenters. The van der Waals surface area contributed by atoms with Crippen molar-refractivity contribution in [3.8, 4) is 17.1 Å². The standard InChI is InChI=1S/C15H18N6O/c1-20-8-10(7-18-20)13-9-21-14(4-5-17-21)15(19-13)22-12-3-2-11(16)6-12/h4-5,7-9,11-12H,2-3,6,16H2,1H3/t11-,12+/m0/s1. The lowest BCUT2D eigenvalue weighted by Crippen LogP contribution is -2.19. The van der Waals surface area contributed by atoms with Crippen molar-refractivity contribution in [3.63, 3.8) is 0 Å². The van der Waals surface area contributed by atoms with E-state index in [0.717, 1.165) is 36.0 Å². The maximum absolute atomic E-state index is 6.11. The molecule has 114 valence electrons. The highest BCUT2D eigenvalue weighted by molar-refractivity contribution is 5.63. The molecule has 22 heavy (non-hydrogen) atoms. The third-order valence-electron chi connectivity index (χ3n) is 4.06. The van der Waals surface area contributed by atoms with Crippen LogP contribution in [0.1, 0.15) is 19.3 Å². The highest BCUT2D eigenvalue weighted by atomic mass is 16.5. The maximum atomic E-state index is 6.11. The molecule has 3 aromatic heterocycles. The fraction of sp³-hybridized carbons (Fsp3) is 0.400. The third-order valence-corrected chi connectivity index (χ3v) is 4.06. The molecule has 1 saturated carbocycles. The van der Waals surface area contributed by atoms with E-state index in [1.165, 1.54) is 0 Å². The van der Waals surface area contributed by atoms with Crippen LogP contribution in [0.4, 0.5) is 0 Å². The van der Waals surface area contributed by atoms with Crippen LogP contribution in [0.15, 0.2) is 30.9 Å². The Morgan fingerprint density at radius 2 is 2.18 bits per heavy atom. The Morgan fingerprint density at radius 1 is 1.27 bits per heavy atom. The van der Waals surface area contributed by atoms with Crippen LogP contribution >= 0.6 is 0 Å². The van der Waals surface area contributed by atoms with E-state index in [-0.39, 0.29) is 12.1 Å². The van der Waals surface area contributed by atoms with Crippen LogP contribution in [0.25, 0.3) is 16.8 Å². The molecule has 0 aliphatic heterocycles. The number of aryl methyl sites for hydroxylation is 1. The van der Waals surface area contributed by atoms with Crippen LogP contribution in [0, 0.1) is 0 Å². The molecule has 0 bridgehead atoms. The van der Waals surface area contributed by atoms with Gasteiger partial charge >= 0.3 is 0 Å². The van der Waals surface area contributed by atoms with Crippen molar-refractivity contribution in [2.45, 2.75) is 31.4 Å². The molecule has 3 aromatic rings. The predicted octanol–water partition coefficient (Wildman–Crippen LogP) is 1.39. The Labute approximate surface area is 127 Å². The molecule has 1 aliphatic carbocycles. The number of hydrogen-bond acceptors (Lipinski definition) is 5. The molecule has 0 radical (unpaired) electrons. The molecular formula is C15H18N6O. The summed E-state index contributed by atoms with van der Waals surface area (Å²) in [5.41, 5.74) is 8.57. The van der Waals surface area contributed by atoms with Crippen molar-refractivity contribution >= 4 is 5.52 Å². The molecule has 1 fully saturated rings. The maximum Gasteiger partial charge on any atom is 0.240 e. The molecule has 0 saturated heterocycles. The Bertz CT molecular complexity index is 807. The summed E-state index contributed by atoms with van der Waals surface area (Å²) in [5.74, 6) is 0.609. The topological polar surface area (TPSA) is 83.3 Å². The summed E-state index contributed by atoms with van der Waals surface area (Å²) in [4.78, 5) is 4.67. The first kappa shape index (κ1) is 13.3. The molecule has 4 rings (SSSR count). The molecule has 7 heteroatoms. The van der Waals surface area contributed by atoms with Gasteiger partial charge in [0.15, 0.2) is 0 Å². The summed E-state index contributed by atoms with van der Waals surface area (Å²) in [5, 5.41) is 8.50. The molecule has 2 N–H and O–H groups in total. The molecule has 3 heterocycles. The van der Waals surface area contributed by atoms with Crippen LogP contribution < -0.4 is 10.5 Å². The highest BCUT2D eigenvalue weighted by Crippen LogP contribution is 2.28. The zero-order chi connectivity index (χ0) is 15.1. The lowest BCUT2D eigenvalue weighted by molar-refractivity contribution is 0.202. The van der Waals surface area contributed by atoms with E-state index in [0.29, 0.717) is 5.88 Å². The van der Waals surface area contributed by atoms with Gasteiger partial charge in [0, 0.05) is 24.8 Å². The van der Waals surface area contributed by atoms with Crippen molar-refractivity contribution in [1.82, 2.24) is 24.4 Å². The van der Waals surface area contributed by atoms with Crippen LogP contribution in [-0.2, 0) is 7.05 Å². The molecule has 0 amide bonds. The third kappa shape index (κ3) is 2.33. The van der Waals surface area contributed by atoms with E-state index in [2.05, 4.69) is 15.2 Å². The van der Waals surface area contributed by atoms with Crippen molar-refractivity contribution in [2.24, 2.45) is 12.8 Å². The largest absolute Gasteiger partial charge is 0.473 e. The van der Waals surface area contributed by atoms with Crippen LogP contribution in [0.5, 0.6) is 5.88 Å². The normalized spacial score (nSPS) is 21.5. The van der Waals surface area contributed by atoms with Gasteiger partial charge in [-0.25, -0.2) is 9.50 Å². The Kier molecular flexibility index (Phi) is 3.07. The Balaban J connectivity index is 1.74. The lowest BCUT2D eigenvalue weighted by atomic mass is 10.2. The zero-order valence-corrected chi connectivity index (χ0v) is 12.4. The van der Waals surface area contributed by atoms with Crippen molar-refractivity contribution in [3.05, 3.63) is 30.9 Å². The van der Waals surface area contributed by atoms with Gasteiger partial charge in [0.05, 0.1) is 24.3 Å². The summed E-state index contributed by atoms with van der Waals surface area (Å²) in [7, 11) is 1.88. The minimum atomic E-state index is 0.130. The molecular weight excluding hydrogens is 280 g/mol. The predicted molar refractivity (Wildman–Crippen MR) is 81.4 cm³/mol. The average molecular weight is 298 g/mol. The average Bonchev–Trinajstić information content (AvgIpc) is 3.20. The quantitative estimate of drug-likeness (QED) is 0.790. The number of hydrogen-bond donors (Lipinski definition) is 1. The second-order valence-corrected chi connectivity index (χ2v) is 5.81. The van der Waals surface area contributed by atoms with Crippen molar-refractivity contribution in [1.29, 1.82) is 0 Å². The Morgan fingerprint density at radius 3 is 2.91 bits per heavy atom. The number of ether oxygens (including phenoxy) is 1. The Hall–Kier alpha value is -2.41. The number of aromatic nitrogens is 5. The summed E-state index contributed by atoms with van der Waals surface area (Å²) in [6.45, 7) is 0. The minimum Gasteiger partial charge on any atom is -0.473 e. The van der Waals surface area contributed by atoms with Crippen molar-refractivity contribution < 1.29 is 4.74 Å². The SMILES string of the molecule is Cn1cc(-c2cn3nccc3c(O[C@@H]3CC[C@H](N)C3)n2)cn1. The molecule has 0 aromatic carbocycles. The van der Waals surface area contributed by atoms with Gasteiger partial charge in [-0.1, -0.05) is 0 Å². The second kappa shape index (κ2) is 5.10. The zero-order valence-electron chi connectivity index (χ0n) is 12.4. The second-order valence-electron chi connectivity index (χ2n) is 5.81. The van der Waals surface area contributed by atoms with Crippen LogP contribution in [0.3, 0.4) is 0 Å². The van der Waals surface area contributed by atoms with E-state index < -0.39 is 0 Å². The molecule has 7 nitrogen and oxygen atoms in total. The molecule has 0 spiro atoms. The fourth-order valence-corrected chi connectivity index (χ4v) is 2.92. The summed E-state index contributed by atoms with van der Waals surface area (Å²) in [6.07, 6.45) is 10.3. The van der Waals surface area contributed by atoms with Gasteiger partial charge in [-0.3, -0.25) is 4.68 Å². The van der Waals surface area contributed by atoms with Gasteiger partial charge < -0.3 is 10.5 Å². The van der Waals surface area contributed by atoms with E-state index in [1.807, 2.05) is 25.5 Å². The molecule has 2 atom stereocenters. The van der Waals surface area contributed by atoms with Crippen LogP contribution in [0.2, 0.25) is 0 Å². The van der Waals surface area contributed by atoms with Gasteiger partial charge in [-0.05, 0) is 25.3 Å². The first-order valence-electron chi connectivity index (χ1n) is 7.45. The summed E-state index contributed by atoms with van der Waals surface area (Å²) >= 11 is 0. The van der Waals surface area contributed by atoms with Gasteiger partial charge in [-0.2, -0.15) is 10.2 Å². The minimum absolute atomic E-state index is 0.130. The first-order valence-corrected chi connectivity index (χ1v) is 7.45. The van der Waals surface area contributed by atoms with Gasteiger partial charge in [0.1, 0.15) is 11.6 Å². The van der Waals surface area contributed by atoms with E-state index in [4.69, 9.17) is 10.5 Å². The number of nitrogens with two attached hydrogens (primary N) is 1. The monoisotopic (exact) mass is 298 g/mol.